The Kier molecular flexibility index (Phi) is 3.90. The lowest BCUT2D eigenvalue weighted by atomic mass is 10.4. The van der Waals surface area contributed by atoms with Gasteiger partial charge in [0.05, 0.1) is 22.1 Å². The molecule has 0 spiro atoms. The van der Waals surface area contributed by atoms with Crippen molar-refractivity contribution in [1.29, 1.82) is 0 Å². The van der Waals surface area contributed by atoms with Crippen LogP contribution in [0, 0.1) is 10.1 Å². The summed E-state index contributed by atoms with van der Waals surface area (Å²) in [5, 5.41) is 23.2. The molecule has 0 aliphatic rings. The second-order valence-electron chi connectivity index (χ2n) is 3.57. The Bertz CT molecular complexity index is 607. The number of nitrogens with one attached hydrogen (secondary N) is 2. The van der Waals surface area contributed by atoms with E-state index in [-0.39, 0.29) is 11.6 Å². The second-order valence-corrected chi connectivity index (χ2v) is 4.42. The normalized spacial score (nSPS) is 10.4. The average Bonchev–Trinajstić information content (AvgIpc) is 2.97. The number of nitro groups is 1. The van der Waals surface area contributed by atoms with Crippen LogP contribution in [0.4, 0.5) is 5.69 Å². The highest BCUT2D eigenvalue weighted by Crippen LogP contribution is 2.12. The Morgan fingerprint density at radius 3 is 2.95 bits per heavy atom. The Morgan fingerprint density at radius 2 is 2.37 bits per heavy atom. The molecule has 10 heteroatoms. The predicted molar refractivity (Wildman–Crippen MR) is 67.5 cm³/mol. The molecule has 0 fully saturated rings. The standard InChI is InChI=1S/C9H9BrN6O3/c10-7-4-12-14-8(7)9(17)11-1-2-15-5-6(3-13-15)16(18)19/h3-5H,1-2H2,(H,11,17)(H,12,14). The second kappa shape index (κ2) is 5.61. The first-order valence-electron chi connectivity index (χ1n) is 5.22. The summed E-state index contributed by atoms with van der Waals surface area (Å²) in [4.78, 5) is 21.6. The summed E-state index contributed by atoms with van der Waals surface area (Å²) in [6.07, 6.45) is 3.94. The Hall–Kier alpha value is -2.23. The molecule has 0 bridgehead atoms. The zero-order valence-electron chi connectivity index (χ0n) is 9.54. The third-order valence-corrected chi connectivity index (χ3v) is 2.88. The number of halogens is 1. The van der Waals surface area contributed by atoms with Gasteiger partial charge in [0, 0.05) is 6.54 Å². The van der Waals surface area contributed by atoms with Gasteiger partial charge in [0.25, 0.3) is 5.91 Å². The van der Waals surface area contributed by atoms with Crippen LogP contribution in [0.15, 0.2) is 23.1 Å². The highest BCUT2D eigenvalue weighted by Gasteiger charge is 2.12. The molecule has 1 amide bonds. The fourth-order valence-electron chi connectivity index (χ4n) is 1.37. The topological polar surface area (TPSA) is 119 Å². The molecule has 0 saturated carbocycles. The van der Waals surface area contributed by atoms with Crippen LogP contribution in [-0.4, -0.2) is 37.4 Å². The van der Waals surface area contributed by atoms with Crippen LogP contribution in [-0.2, 0) is 6.54 Å². The van der Waals surface area contributed by atoms with Gasteiger partial charge in [0.2, 0.25) is 0 Å². The van der Waals surface area contributed by atoms with Gasteiger partial charge in [-0.15, -0.1) is 0 Å². The molecule has 100 valence electrons. The Labute approximate surface area is 115 Å². The Balaban J connectivity index is 1.85. The zero-order chi connectivity index (χ0) is 13.8. The summed E-state index contributed by atoms with van der Waals surface area (Å²) >= 11 is 3.18. The number of hydrogen-bond acceptors (Lipinski definition) is 5. The summed E-state index contributed by atoms with van der Waals surface area (Å²) in [5.74, 6) is -0.314. The van der Waals surface area contributed by atoms with Gasteiger partial charge >= 0.3 is 5.69 Å². The maximum absolute atomic E-state index is 11.7. The van der Waals surface area contributed by atoms with E-state index in [1.165, 1.54) is 17.1 Å². The van der Waals surface area contributed by atoms with Gasteiger partial charge in [-0.25, -0.2) is 0 Å². The van der Waals surface area contributed by atoms with Crippen LogP contribution in [0.1, 0.15) is 10.5 Å². The van der Waals surface area contributed by atoms with Crippen LogP contribution in [0.5, 0.6) is 0 Å². The van der Waals surface area contributed by atoms with Crippen molar-refractivity contribution in [1.82, 2.24) is 25.3 Å². The lowest BCUT2D eigenvalue weighted by Crippen LogP contribution is -2.27. The molecular formula is C9H9BrN6O3. The minimum Gasteiger partial charge on any atom is -0.349 e. The van der Waals surface area contributed by atoms with E-state index < -0.39 is 4.92 Å². The molecule has 0 aromatic carbocycles. The Morgan fingerprint density at radius 1 is 1.58 bits per heavy atom. The molecule has 0 saturated heterocycles. The highest BCUT2D eigenvalue weighted by atomic mass is 79.9. The van der Waals surface area contributed by atoms with Crippen LogP contribution in [0.2, 0.25) is 0 Å². The van der Waals surface area contributed by atoms with E-state index in [0.29, 0.717) is 23.3 Å². The predicted octanol–water partition coefficient (Wildman–Crippen LogP) is 0.707. The van der Waals surface area contributed by atoms with Crippen molar-refractivity contribution in [3.63, 3.8) is 0 Å². The number of rotatable bonds is 5. The first-order valence-corrected chi connectivity index (χ1v) is 6.01. The van der Waals surface area contributed by atoms with Crippen LogP contribution in [0.3, 0.4) is 0 Å². The molecule has 2 rings (SSSR count). The van der Waals surface area contributed by atoms with E-state index in [0.717, 1.165) is 6.20 Å². The lowest BCUT2D eigenvalue weighted by Gasteiger charge is -2.03. The highest BCUT2D eigenvalue weighted by molar-refractivity contribution is 9.10. The molecule has 0 aliphatic heterocycles. The first kappa shape index (κ1) is 13.2. The maximum Gasteiger partial charge on any atom is 0.306 e. The molecular weight excluding hydrogens is 320 g/mol. The minimum atomic E-state index is -0.524. The number of carbonyl (C=O) groups is 1. The quantitative estimate of drug-likeness (QED) is 0.618. The van der Waals surface area contributed by atoms with Crippen molar-refractivity contribution < 1.29 is 9.72 Å². The molecule has 0 unspecified atom stereocenters. The fraction of sp³-hybridized carbons (Fsp3) is 0.222. The van der Waals surface area contributed by atoms with Crippen LogP contribution >= 0.6 is 15.9 Å². The van der Waals surface area contributed by atoms with Crippen molar-refractivity contribution >= 4 is 27.5 Å². The van der Waals surface area contributed by atoms with E-state index in [1.54, 1.807) is 0 Å². The van der Waals surface area contributed by atoms with Gasteiger partial charge in [-0.2, -0.15) is 10.2 Å². The fourth-order valence-corrected chi connectivity index (χ4v) is 1.74. The van der Waals surface area contributed by atoms with Gasteiger partial charge in [0.1, 0.15) is 18.1 Å². The van der Waals surface area contributed by atoms with Crippen molar-refractivity contribution in [2.75, 3.05) is 6.54 Å². The molecule has 0 aliphatic carbocycles. The van der Waals surface area contributed by atoms with Crippen LogP contribution in [0.25, 0.3) is 0 Å². The molecule has 0 atom stereocenters. The number of carbonyl (C=O) groups excluding carboxylic acids is 1. The van der Waals surface area contributed by atoms with Gasteiger partial charge in [-0.1, -0.05) is 0 Å². The number of H-pyrrole nitrogens is 1. The van der Waals surface area contributed by atoms with E-state index in [2.05, 4.69) is 36.5 Å². The average molecular weight is 329 g/mol. The molecule has 9 nitrogen and oxygen atoms in total. The number of hydrogen-bond donors (Lipinski definition) is 2. The van der Waals surface area contributed by atoms with E-state index >= 15 is 0 Å². The number of aromatic nitrogens is 4. The zero-order valence-corrected chi connectivity index (χ0v) is 11.1. The molecule has 2 aromatic heterocycles. The SMILES string of the molecule is O=C(NCCn1cc([N+](=O)[O-])cn1)c1[nH]ncc1Br. The van der Waals surface area contributed by atoms with Gasteiger partial charge in [0.15, 0.2) is 0 Å². The summed E-state index contributed by atoms with van der Waals surface area (Å²) in [7, 11) is 0. The molecule has 2 heterocycles. The number of nitrogens with zero attached hydrogens (tertiary/aromatic N) is 4. The van der Waals surface area contributed by atoms with Crippen molar-refractivity contribution in [3.05, 3.63) is 38.9 Å². The molecule has 2 aromatic rings. The van der Waals surface area contributed by atoms with E-state index in [1.807, 2.05) is 0 Å². The van der Waals surface area contributed by atoms with Crippen LogP contribution < -0.4 is 5.32 Å². The van der Waals surface area contributed by atoms with E-state index in [9.17, 15) is 14.9 Å². The largest absolute Gasteiger partial charge is 0.349 e. The van der Waals surface area contributed by atoms with Gasteiger partial charge < -0.3 is 5.32 Å². The first-order chi connectivity index (χ1) is 9.08. The van der Waals surface area contributed by atoms with Crippen molar-refractivity contribution in [3.8, 4) is 0 Å². The molecule has 2 N–H and O–H groups in total. The minimum absolute atomic E-state index is 0.0809. The summed E-state index contributed by atoms with van der Waals surface area (Å²) in [5.41, 5.74) is 0.245. The number of amides is 1. The lowest BCUT2D eigenvalue weighted by molar-refractivity contribution is -0.385. The van der Waals surface area contributed by atoms with E-state index in [4.69, 9.17) is 0 Å². The molecule has 19 heavy (non-hydrogen) atoms. The van der Waals surface area contributed by atoms with Gasteiger partial charge in [-0.05, 0) is 15.9 Å². The number of aromatic amines is 1. The summed E-state index contributed by atoms with van der Waals surface area (Å²) < 4.78 is 1.96. The third-order valence-electron chi connectivity index (χ3n) is 2.28. The summed E-state index contributed by atoms with van der Waals surface area (Å²) in [6, 6.07) is 0. The monoisotopic (exact) mass is 328 g/mol. The smallest absolute Gasteiger partial charge is 0.306 e. The third kappa shape index (κ3) is 3.16. The molecule has 0 radical (unpaired) electrons. The summed E-state index contributed by atoms with van der Waals surface area (Å²) in [6.45, 7) is 0.633. The van der Waals surface area contributed by atoms with Gasteiger partial charge in [-0.3, -0.25) is 24.7 Å². The van der Waals surface area contributed by atoms with Crippen molar-refractivity contribution in [2.45, 2.75) is 6.54 Å². The maximum atomic E-state index is 11.7. The van der Waals surface area contributed by atoms with Crippen molar-refractivity contribution in [2.24, 2.45) is 0 Å².